The summed E-state index contributed by atoms with van der Waals surface area (Å²) in [4.78, 5) is 0. The molecule has 0 saturated carbocycles. The zero-order chi connectivity index (χ0) is 21.1. The van der Waals surface area contributed by atoms with Crippen LogP contribution in [0.2, 0.25) is 0 Å². The summed E-state index contributed by atoms with van der Waals surface area (Å²) in [6.07, 6.45) is 10.1. The fourth-order valence-electron chi connectivity index (χ4n) is 2.10. The van der Waals surface area contributed by atoms with E-state index in [2.05, 4.69) is 28.5 Å². The van der Waals surface area contributed by atoms with Gasteiger partial charge in [-0.3, -0.25) is 0 Å². The molecule has 29 heavy (non-hydrogen) atoms. The van der Waals surface area contributed by atoms with Crippen LogP contribution >= 0.6 is 22.6 Å². The van der Waals surface area contributed by atoms with E-state index >= 15 is 0 Å². The predicted molar refractivity (Wildman–Crippen MR) is 122 cm³/mol. The molecule has 7 nitrogen and oxygen atoms in total. The van der Waals surface area contributed by atoms with Crippen molar-refractivity contribution < 1.29 is 33.2 Å². The van der Waals surface area contributed by atoms with E-state index < -0.39 is 0 Å². The minimum atomic E-state index is 0.321. The molecule has 0 aliphatic carbocycles. The van der Waals surface area contributed by atoms with E-state index in [0.717, 1.165) is 13.0 Å². The lowest BCUT2D eigenvalue weighted by Crippen LogP contribution is -2.14. The summed E-state index contributed by atoms with van der Waals surface area (Å²) in [6.45, 7) is 7.85. The van der Waals surface area contributed by atoms with Gasteiger partial charge in [0, 0.05) is 6.61 Å². The second-order valence-corrected chi connectivity index (χ2v) is 7.11. The summed E-state index contributed by atoms with van der Waals surface area (Å²) in [5, 5.41) is 0. The lowest BCUT2D eigenvalue weighted by molar-refractivity contribution is -0.0197. The van der Waals surface area contributed by atoms with Crippen molar-refractivity contribution in [3.8, 4) is 12.3 Å². The number of halogens is 1. The molecule has 0 rings (SSSR count). The average Bonchev–Trinajstić information content (AvgIpc) is 2.74. The van der Waals surface area contributed by atoms with Crippen molar-refractivity contribution in [3.05, 3.63) is 0 Å². The Hall–Kier alpha value is 0.01000. The third-order valence-electron chi connectivity index (χ3n) is 3.59. The molecule has 0 heterocycles. The second kappa shape index (κ2) is 28.0. The number of ether oxygens (including phenoxy) is 7. The molecule has 0 unspecified atom stereocenters. The van der Waals surface area contributed by atoms with E-state index in [1.165, 1.54) is 23.7 Å². The Labute approximate surface area is 190 Å². The van der Waals surface area contributed by atoms with E-state index in [-0.39, 0.29) is 0 Å². The zero-order valence-corrected chi connectivity index (χ0v) is 19.9. The maximum absolute atomic E-state index is 5.53. The summed E-state index contributed by atoms with van der Waals surface area (Å²) in [5.74, 6) is 2.40. The van der Waals surface area contributed by atoms with Gasteiger partial charge < -0.3 is 33.2 Å². The first-order valence-corrected chi connectivity index (χ1v) is 12.0. The first kappa shape index (κ1) is 29.0. The highest BCUT2D eigenvalue weighted by atomic mass is 127. The molecular weight excluding hydrogens is 491 g/mol. The van der Waals surface area contributed by atoms with Crippen LogP contribution in [-0.4, -0.2) is 96.9 Å². The lowest BCUT2D eigenvalue weighted by Gasteiger charge is -2.08. The van der Waals surface area contributed by atoms with Gasteiger partial charge in [0.2, 0.25) is 0 Å². The van der Waals surface area contributed by atoms with Crippen molar-refractivity contribution in [1.82, 2.24) is 0 Å². The van der Waals surface area contributed by atoms with Gasteiger partial charge in [0.15, 0.2) is 0 Å². The monoisotopic (exact) mass is 530 g/mol. The number of alkyl halides is 1. The second-order valence-electron chi connectivity index (χ2n) is 6.03. The molecular formula is C21H39IO7. The maximum atomic E-state index is 5.53. The Morgan fingerprint density at radius 1 is 0.448 bits per heavy atom. The van der Waals surface area contributed by atoms with Crippen molar-refractivity contribution in [3.63, 3.8) is 0 Å². The van der Waals surface area contributed by atoms with Gasteiger partial charge in [-0.15, -0.1) is 6.42 Å². The molecule has 0 aromatic rings. The molecule has 8 heteroatoms. The van der Waals surface area contributed by atoms with Crippen LogP contribution in [0.25, 0.3) is 0 Å². The Bertz CT molecular complexity index is 339. The molecule has 0 N–H and O–H groups in total. The zero-order valence-electron chi connectivity index (χ0n) is 17.7. The molecule has 0 amide bonds. The van der Waals surface area contributed by atoms with Crippen LogP contribution in [0.4, 0.5) is 0 Å². The van der Waals surface area contributed by atoms with E-state index in [1.807, 2.05) is 0 Å². The molecule has 172 valence electrons. The molecule has 0 aliphatic heterocycles. The van der Waals surface area contributed by atoms with Gasteiger partial charge in [0.05, 0.1) is 79.3 Å². The van der Waals surface area contributed by atoms with Crippen molar-refractivity contribution in [2.45, 2.75) is 25.7 Å². The van der Waals surface area contributed by atoms with Crippen LogP contribution < -0.4 is 0 Å². The number of unbranched alkanes of at least 4 members (excludes halogenated alkanes) is 3. The van der Waals surface area contributed by atoms with Gasteiger partial charge in [0.25, 0.3) is 0 Å². The lowest BCUT2D eigenvalue weighted by atomic mass is 10.2. The summed E-state index contributed by atoms with van der Waals surface area (Å²) in [7, 11) is 0. The standard InChI is InChI=1S/C21H39IO7/c1-2-8-23-10-12-25-14-16-27-18-20-29-21-19-28-17-15-26-13-11-24-9-6-4-3-5-7-22/h1H,3-21H2. The first-order valence-electron chi connectivity index (χ1n) is 10.5. The molecule has 0 aliphatic rings. The fourth-order valence-corrected chi connectivity index (χ4v) is 2.64. The van der Waals surface area contributed by atoms with Gasteiger partial charge in [-0.05, 0) is 17.3 Å². The van der Waals surface area contributed by atoms with Crippen LogP contribution in [0.3, 0.4) is 0 Å². The summed E-state index contributed by atoms with van der Waals surface area (Å²) >= 11 is 2.42. The highest BCUT2D eigenvalue weighted by Crippen LogP contribution is 2.02. The number of hydrogen-bond donors (Lipinski definition) is 0. The van der Waals surface area contributed by atoms with Crippen LogP contribution in [0.1, 0.15) is 25.7 Å². The molecule has 0 bridgehead atoms. The largest absolute Gasteiger partial charge is 0.379 e. The Balaban J connectivity index is 2.98. The molecule has 0 atom stereocenters. The highest BCUT2D eigenvalue weighted by Gasteiger charge is 1.95. The van der Waals surface area contributed by atoms with Gasteiger partial charge in [-0.2, -0.15) is 0 Å². The van der Waals surface area contributed by atoms with Crippen molar-refractivity contribution in [2.75, 3.05) is 96.9 Å². The van der Waals surface area contributed by atoms with Crippen molar-refractivity contribution in [1.29, 1.82) is 0 Å². The normalized spacial score (nSPS) is 11.0. The fraction of sp³-hybridized carbons (Fsp3) is 0.905. The van der Waals surface area contributed by atoms with Gasteiger partial charge in [-0.25, -0.2) is 0 Å². The van der Waals surface area contributed by atoms with E-state index in [0.29, 0.717) is 85.9 Å². The van der Waals surface area contributed by atoms with Gasteiger partial charge in [0.1, 0.15) is 6.61 Å². The number of rotatable bonds is 25. The third-order valence-corrected chi connectivity index (χ3v) is 4.35. The molecule has 0 aromatic heterocycles. The van der Waals surface area contributed by atoms with Crippen LogP contribution in [0, 0.1) is 12.3 Å². The maximum Gasteiger partial charge on any atom is 0.107 e. The van der Waals surface area contributed by atoms with Crippen LogP contribution in [-0.2, 0) is 33.2 Å². The molecule has 0 radical (unpaired) electrons. The molecule has 0 spiro atoms. The van der Waals surface area contributed by atoms with E-state index in [9.17, 15) is 0 Å². The minimum Gasteiger partial charge on any atom is -0.379 e. The van der Waals surface area contributed by atoms with Gasteiger partial charge in [-0.1, -0.05) is 41.4 Å². The van der Waals surface area contributed by atoms with Crippen LogP contribution in [0.15, 0.2) is 0 Å². The molecule has 0 saturated heterocycles. The average molecular weight is 530 g/mol. The quantitative estimate of drug-likeness (QED) is 0.0779. The third kappa shape index (κ3) is 28.0. The van der Waals surface area contributed by atoms with E-state index in [4.69, 9.17) is 39.6 Å². The summed E-state index contributed by atoms with van der Waals surface area (Å²) < 4.78 is 38.9. The summed E-state index contributed by atoms with van der Waals surface area (Å²) in [5.41, 5.74) is 0. The first-order chi connectivity index (χ1) is 14.4. The van der Waals surface area contributed by atoms with Crippen molar-refractivity contribution >= 4 is 22.6 Å². The molecule has 0 fully saturated rings. The summed E-state index contributed by atoms with van der Waals surface area (Å²) in [6, 6.07) is 0. The molecule has 0 aromatic carbocycles. The SMILES string of the molecule is C#CCOCCOCCOCCOCCOCCOCCOCCCCCCI. The van der Waals surface area contributed by atoms with Gasteiger partial charge >= 0.3 is 0 Å². The predicted octanol–water partition coefficient (Wildman–Crippen LogP) is 2.73. The minimum absolute atomic E-state index is 0.321. The van der Waals surface area contributed by atoms with Crippen molar-refractivity contribution in [2.24, 2.45) is 0 Å². The topological polar surface area (TPSA) is 64.6 Å². The Kier molecular flexibility index (Phi) is 28.0. The number of hydrogen-bond acceptors (Lipinski definition) is 7. The highest BCUT2D eigenvalue weighted by molar-refractivity contribution is 14.1. The Morgan fingerprint density at radius 3 is 1.17 bits per heavy atom. The van der Waals surface area contributed by atoms with E-state index in [1.54, 1.807) is 0 Å². The Morgan fingerprint density at radius 2 is 0.793 bits per heavy atom. The smallest absolute Gasteiger partial charge is 0.107 e. The number of terminal acetylenes is 1. The van der Waals surface area contributed by atoms with Crippen LogP contribution in [0.5, 0.6) is 0 Å².